The summed E-state index contributed by atoms with van der Waals surface area (Å²) in [4.78, 5) is 10.8. The van der Waals surface area contributed by atoms with Crippen LogP contribution in [0.15, 0.2) is 6.07 Å². The Balaban J connectivity index is 2.23. The molecule has 0 amide bonds. The lowest BCUT2D eigenvalue weighted by atomic mass is 10.1. The van der Waals surface area contributed by atoms with Crippen molar-refractivity contribution in [2.24, 2.45) is 0 Å². The Kier molecular flexibility index (Phi) is 3.96. The molecule has 2 aromatic heterocycles. The largest absolute Gasteiger partial charge is 0.389 e. The summed E-state index contributed by atoms with van der Waals surface area (Å²) in [6.07, 6.45) is -4.84. The summed E-state index contributed by atoms with van der Waals surface area (Å²) >= 11 is 5.80. The third-order valence-electron chi connectivity index (χ3n) is 2.62. The van der Waals surface area contributed by atoms with Gasteiger partial charge in [0.15, 0.2) is 5.65 Å². The van der Waals surface area contributed by atoms with E-state index in [1.165, 1.54) is 6.07 Å². The van der Waals surface area contributed by atoms with Gasteiger partial charge in [-0.25, -0.2) is 9.97 Å². The second kappa shape index (κ2) is 5.34. The van der Waals surface area contributed by atoms with Crippen molar-refractivity contribution in [1.82, 2.24) is 15.0 Å². The highest BCUT2D eigenvalue weighted by atomic mass is 35.5. The van der Waals surface area contributed by atoms with Gasteiger partial charge in [0.25, 0.3) is 0 Å². The molecule has 0 fully saturated rings. The topological polar surface area (TPSA) is 61.8 Å². The van der Waals surface area contributed by atoms with Crippen LogP contribution in [0.4, 0.5) is 13.2 Å². The molecule has 0 radical (unpaired) electrons. The third-order valence-corrected chi connectivity index (χ3v) is 2.81. The van der Waals surface area contributed by atoms with Crippen molar-refractivity contribution in [3.63, 3.8) is 0 Å². The van der Waals surface area contributed by atoms with Gasteiger partial charge in [0.2, 0.25) is 0 Å². The number of imidazole rings is 1. The molecule has 0 aromatic carbocycles. The van der Waals surface area contributed by atoms with E-state index < -0.39 is 12.6 Å². The maximum atomic E-state index is 12.1. The van der Waals surface area contributed by atoms with E-state index in [1.54, 1.807) is 0 Å². The average Bonchev–Trinajstić information content (AvgIpc) is 2.70. The minimum absolute atomic E-state index is 0.0353. The highest BCUT2D eigenvalue weighted by Crippen LogP contribution is 2.25. The first-order chi connectivity index (χ1) is 8.89. The van der Waals surface area contributed by atoms with Gasteiger partial charge in [0.05, 0.1) is 5.52 Å². The SMILES string of the molecule is OCc1nc2nc(Cl)cc(CCCC(F)(F)F)c2[nH]1. The van der Waals surface area contributed by atoms with Crippen molar-refractivity contribution < 1.29 is 18.3 Å². The fraction of sp³-hybridized carbons (Fsp3) is 0.455. The smallest absolute Gasteiger partial charge is 0.388 e. The Morgan fingerprint density at radius 1 is 1.32 bits per heavy atom. The summed E-state index contributed by atoms with van der Waals surface area (Å²) in [6, 6.07) is 1.51. The standard InChI is InChI=1S/C11H11ClF3N3O/c12-7-4-6(2-1-3-11(13,14)15)9-10(16-7)18-8(5-19)17-9/h4,19H,1-3,5H2,(H,16,17,18). The summed E-state index contributed by atoms with van der Waals surface area (Å²) in [5.41, 5.74) is 1.45. The number of halogens is 4. The maximum Gasteiger partial charge on any atom is 0.389 e. The summed E-state index contributed by atoms with van der Waals surface area (Å²) in [5.74, 6) is 0.307. The zero-order chi connectivity index (χ0) is 14.0. The van der Waals surface area contributed by atoms with Gasteiger partial charge in [0, 0.05) is 6.42 Å². The molecule has 0 spiro atoms. The number of H-pyrrole nitrogens is 1. The average molecular weight is 294 g/mol. The maximum absolute atomic E-state index is 12.1. The lowest BCUT2D eigenvalue weighted by Gasteiger charge is -2.06. The predicted molar refractivity (Wildman–Crippen MR) is 63.8 cm³/mol. The molecule has 0 atom stereocenters. The normalized spacial score (nSPS) is 12.3. The van der Waals surface area contributed by atoms with Crippen LogP contribution in [0, 0.1) is 0 Å². The van der Waals surface area contributed by atoms with E-state index in [1.807, 2.05) is 0 Å². The van der Waals surface area contributed by atoms with Gasteiger partial charge in [-0.3, -0.25) is 0 Å². The van der Waals surface area contributed by atoms with Gasteiger partial charge < -0.3 is 10.1 Å². The monoisotopic (exact) mass is 293 g/mol. The minimum Gasteiger partial charge on any atom is -0.388 e. The molecule has 0 saturated carbocycles. The van der Waals surface area contributed by atoms with Crippen LogP contribution in [0.3, 0.4) is 0 Å². The molecule has 2 N–H and O–H groups in total. The quantitative estimate of drug-likeness (QED) is 0.852. The van der Waals surface area contributed by atoms with Gasteiger partial charge in [-0.2, -0.15) is 13.2 Å². The first-order valence-electron chi connectivity index (χ1n) is 5.60. The van der Waals surface area contributed by atoms with Gasteiger partial charge in [-0.15, -0.1) is 0 Å². The van der Waals surface area contributed by atoms with E-state index in [-0.39, 0.29) is 24.6 Å². The Bertz CT molecular complexity index is 582. The lowest BCUT2D eigenvalue weighted by molar-refractivity contribution is -0.135. The lowest BCUT2D eigenvalue weighted by Crippen LogP contribution is -2.07. The highest BCUT2D eigenvalue weighted by Gasteiger charge is 2.26. The fourth-order valence-electron chi connectivity index (χ4n) is 1.82. The van der Waals surface area contributed by atoms with E-state index in [4.69, 9.17) is 16.7 Å². The molecule has 0 aliphatic heterocycles. The van der Waals surface area contributed by atoms with Gasteiger partial charge in [-0.1, -0.05) is 11.6 Å². The van der Waals surface area contributed by atoms with E-state index in [0.717, 1.165) is 0 Å². The molecule has 4 nitrogen and oxygen atoms in total. The van der Waals surface area contributed by atoms with Crippen LogP contribution in [0.25, 0.3) is 11.2 Å². The van der Waals surface area contributed by atoms with Crippen LogP contribution in [0.2, 0.25) is 5.15 Å². The fourth-order valence-corrected chi connectivity index (χ4v) is 2.03. The molecule has 104 valence electrons. The molecule has 0 unspecified atom stereocenters. The number of aromatic nitrogens is 3. The minimum atomic E-state index is -4.17. The summed E-state index contributed by atoms with van der Waals surface area (Å²) in [6.45, 7) is -0.296. The van der Waals surface area contributed by atoms with Gasteiger partial charge in [-0.05, 0) is 24.5 Å². The number of aliphatic hydroxyl groups is 1. The van der Waals surface area contributed by atoms with Crippen molar-refractivity contribution >= 4 is 22.8 Å². The van der Waals surface area contributed by atoms with Crippen LogP contribution in [0.5, 0.6) is 0 Å². The van der Waals surface area contributed by atoms with Gasteiger partial charge >= 0.3 is 6.18 Å². The first-order valence-corrected chi connectivity index (χ1v) is 5.98. The number of nitrogens with one attached hydrogen (secondary N) is 1. The van der Waals surface area contributed by atoms with Crippen LogP contribution in [0.1, 0.15) is 24.2 Å². The Morgan fingerprint density at radius 3 is 2.68 bits per heavy atom. The van der Waals surface area contributed by atoms with Crippen molar-refractivity contribution in [2.45, 2.75) is 32.0 Å². The number of pyridine rings is 1. The van der Waals surface area contributed by atoms with Crippen molar-refractivity contribution in [3.8, 4) is 0 Å². The second-order valence-corrected chi connectivity index (χ2v) is 4.50. The number of aryl methyl sites for hydroxylation is 1. The van der Waals surface area contributed by atoms with Crippen molar-refractivity contribution in [2.75, 3.05) is 0 Å². The summed E-state index contributed by atoms with van der Waals surface area (Å²) in [7, 11) is 0. The molecular formula is C11H11ClF3N3O. The zero-order valence-corrected chi connectivity index (χ0v) is 10.5. The van der Waals surface area contributed by atoms with Crippen LogP contribution < -0.4 is 0 Å². The second-order valence-electron chi connectivity index (χ2n) is 4.11. The number of rotatable bonds is 4. The number of aliphatic hydroxyl groups excluding tert-OH is 1. The molecule has 2 rings (SSSR count). The number of alkyl halides is 3. The number of nitrogens with zero attached hydrogens (tertiary/aromatic N) is 2. The molecule has 2 aromatic rings. The zero-order valence-electron chi connectivity index (χ0n) is 9.76. The molecule has 0 aliphatic carbocycles. The molecule has 2 heterocycles. The Morgan fingerprint density at radius 2 is 2.05 bits per heavy atom. The van der Waals surface area contributed by atoms with E-state index >= 15 is 0 Å². The van der Waals surface area contributed by atoms with Crippen LogP contribution >= 0.6 is 11.6 Å². The van der Waals surface area contributed by atoms with Gasteiger partial charge in [0.1, 0.15) is 17.6 Å². The van der Waals surface area contributed by atoms with Crippen molar-refractivity contribution in [1.29, 1.82) is 0 Å². The van der Waals surface area contributed by atoms with Crippen LogP contribution in [-0.4, -0.2) is 26.2 Å². The number of aromatic amines is 1. The third kappa shape index (κ3) is 3.57. The Labute approximate surface area is 111 Å². The number of hydrogen-bond acceptors (Lipinski definition) is 3. The van der Waals surface area contributed by atoms with E-state index in [9.17, 15) is 13.2 Å². The molecular weight excluding hydrogens is 283 g/mol. The number of fused-ring (bicyclic) bond motifs is 1. The van der Waals surface area contributed by atoms with Crippen molar-refractivity contribution in [3.05, 3.63) is 22.6 Å². The first kappa shape index (κ1) is 14.1. The Hall–Kier alpha value is -1.34. The molecule has 19 heavy (non-hydrogen) atoms. The van der Waals surface area contributed by atoms with Crippen LogP contribution in [-0.2, 0) is 13.0 Å². The molecule has 0 aliphatic rings. The van der Waals surface area contributed by atoms with E-state index in [2.05, 4.69) is 15.0 Å². The molecule has 8 heteroatoms. The van der Waals surface area contributed by atoms with E-state index in [0.29, 0.717) is 22.6 Å². The number of hydrogen-bond donors (Lipinski definition) is 2. The predicted octanol–water partition coefficient (Wildman–Crippen LogP) is 2.99. The molecule has 0 saturated heterocycles. The summed E-state index contributed by atoms with van der Waals surface area (Å²) in [5, 5.41) is 9.15. The molecule has 0 bridgehead atoms. The highest BCUT2D eigenvalue weighted by molar-refractivity contribution is 6.29. The summed E-state index contributed by atoms with van der Waals surface area (Å²) < 4.78 is 36.4.